The van der Waals surface area contributed by atoms with Crippen molar-refractivity contribution in [1.82, 2.24) is 0 Å². The van der Waals surface area contributed by atoms with Crippen molar-refractivity contribution in [2.24, 2.45) is 11.7 Å². The third-order valence-electron chi connectivity index (χ3n) is 2.99. The summed E-state index contributed by atoms with van der Waals surface area (Å²) in [6, 6.07) is 5.12. The number of nitrogens with two attached hydrogens (primary N) is 1. The van der Waals surface area contributed by atoms with E-state index >= 15 is 0 Å². The van der Waals surface area contributed by atoms with Gasteiger partial charge in [-0.1, -0.05) is 26.3 Å². The van der Waals surface area contributed by atoms with Crippen molar-refractivity contribution in [3.05, 3.63) is 29.6 Å². The quantitative estimate of drug-likeness (QED) is 0.833. The highest BCUT2D eigenvalue weighted by atomic mass is 19.1. The molecule has 0 aliphatic heterocycles. The molecule has 0 spiro atoms. The van der Waals surface area contributed by atoms with E-state index in [1.54, 1.807) is 6.07 Å². The van der Waals surface area contributed by atoms with Gasteiger partial charge in [-0.2, -0.15) is 0 Å². The van der Waals surface area contributed by atoms with Crippen LogP contribution in [-0.2, 0) is 6.54 Å². The van der Waals surface area contributed by atoms with E-state index in [0.29, 0.717) is 11.5 Å². The first-order valence-electron chi connectivity index (χ1n) is 5.78. The number of halogens is 1. The summed E-state index contributed by atoms with van der Waals surface area (Å²) in [6.07, 6.45) is 1.12. The number of anilines is 1. The lowest BCUT2D eigenvalue weighted by atomic mass is 10.1. The lowest BCUT2D eigenvalue weighted by Crippen LogP contribution is -2.25. The maximum Gasteiger partial charge on any atom is 0.129 e. The number of hydrogen-bond donors (Lipinski definition) is 1. The zero-order valence-electron chi connectivity index (χ0n) is 10.3. The molecule has 1 rings (SSSR count). The fourth-order valence-electron chi connectivity index (χ4n) is 1.80. The Labute approximate surface area is 97.3 Å². The monoisotopic (exact) mass is 224 g/mol. The molecule has 90 valence electrons. The van der Waals surface area contributed by atoms with E-state index in [0.717, 1.165) is 18.7 Å². The van der Waals surface area contributed by atoms with Gasteiger partial charge in [0, 0.05) is 31.4 Å². The Balaban J connectivity index is 2.90. The summed E-state index contributed by atoms with van der Waals surface area (Å²) in [4.78, 5) is 2.08. The Kier molecular flexibility index (Phi) is 4.74. The molecule has 0 aliphatic rings. The molecule has 0 amide bonds. The highest BCUT2D eigenvalue weighted by Crippen LogP contribution is 2.22. The van der Waals surface area contributed by atoms with Gasteiger partial charge in [-0.15, -0.1) is 0 Å². The van der Waals surface area contributed by atoms with Crippen LogP contribution in [0.3, 0.4) is 0 Å². The standard InChI is InChI=1S/C13H21FN2/c1-4-10(2)9-16(3)13-7-5-6-12(14)11(13)8-15/h5-7,10H,4,8-9,15H2,1-3H3. The number of nitrogens with zero attached hydrogens (tertiary/aromatic N) is 1. The highest BCUT2D eigenvalue weighted by Gasteiger charge is 2.12. The van der Waals surface area contributed by atoms with Crippen LogP contribution in [0.2, 0.25) is 0 Å². The molecule has 0 saturated heterocycles. The molecule has 0 aromatic heterocycles. The van der Waals surface area contributed by atoms with Crippen LogP contribution < -0.4 is 10.6 Å². The summed E-state index contributed by atoms with van der Waals surface area (Å²) >= 11 is 0. The lowest BCUT2D eigenvalue weighted by molar-refractivity contribution is 0.556. The van der Waals surface area contributed by atoms with Crippen LogP contribution >= 0.6 is 0 Å². The molecule has 0 aliphatic carbocycles. The average molecular weight is 224 g/mol. The molecule has 1 unspecified atom stereocenters. The number of hydrogen-bond acceptors (Lipinski definition) is 2. The summed E-state index contributed by atoms with van der Waals surface area (Å²) < 4.78 is 13.5. The summed E-state index contributed by atoms with van der Waals surface area (Å²) in [6.45, 7) is 5.52. The molecule has 0 radical (unpaired) electrons. The molecule has 0 bridgehead atoms. The van der Waals surface area contributed by atoms with Crippen molar-refractivity contribution < 1.29 is 4.39 Å². The van der Waals surface area contributed by atoms with E-state index in [9.17, 15) is 4.39 Å². The molecule has 2 nitrogen and oxygen atoms in total. The molecule has 1 atom stereocenters. The Morgan fingerprint density at radius 3 is 2.69 bits per heavy atom. The number of benzene rings is 1. The summed E-state index contributed by atoms with van der Waals surface area (Å²) in [5.41, 5.74) is 7.10. The van der Waals surface area contributed by atoms with Crippen LogP contribution in [0.5, 0.6) is 0 Å². The smallest absolute Gasteiger partial charge is 0.129 e. The van der Waals surface area contributed by atoms with E-state index in [4.69, 9.17) is 5.73 Å². The third-order valence-corrected chi connectivity index (χ3v) is 2.99. The van der Waals surface area contributed by atoms with E-state index < -0.39 is 0 Å². The summed E-state index contributed by atoms with van der Waals surface area (Å²) in [5.74, 6) is 0.384. The molecule has 1 aromatic carbocycles. The molecule has 2 N–H and O–H groups in total. The highest BCUT2D eigenvalue weighted by molar-refractivity contribution is 5.53. The predicted molar refractivity (Wildman–Crippen MR) is 67.0 cm³/mol. The minimum atomic E-state index is -0.212. The first-order chi connectivity index (χ1) is 7.60. The molecule has 16 heavy (non-hydrogen) atoms. The topological polar surface area (TPSA) is 29.3 Å². The second-order valence-corrected chi connectivity index (χ2v) is 4.34. The maximum absolute atomic E-state index is 13.5. The third kappa shape index (κ3) is 2.95. The average Bonchev–Trinajstić information content (AvgIpc) is 2.28. The van der Waals surface area contributed by atoms with Crippen molar-refractivity contribution in [3.63, 3.8) is 0 Å². The molecule has 1 aromatic rings. The Morgan fingerprint density at radius 2 is 2.12 bits per heavy atom. The number of rotatable bonds is 5. The lowest BCUT2D eigenvalue weighted by Gasteiger charge is -2.25. The molecular weight excluding hydrogens is 203 g/mol. The Bertz CT molecular complexity index is 339. The van der Waals surface area contributed by atoms with Crippen molar-refractivity contribution in [2.75, 3.05) is 18.5 Å². The fourth-order valence-corrected chi connectivity index (χ4v) is 1.80. The van der Waals surface area contributed by atoms with Gasteiger partial charge in [0.15, 0.2) is 0 Å². The Morgan fingerprint density at radius 1 is 1.44 bits per heavy atom. The SMILES string of the molecule is CCC(C)CN(C)c1cccc(F)c1CN. The van der Waals surface area contributed by atoms with Gasteiger partial charge < -0.3 is 10.6 Å². The predicted octanol–water partition coefficient (Wildman–Crippen LogP) is 2.77. The van der Waals surface area contributed by atoms with Crippen LogP contribution in [-0.4, -0.2) is 13.6 Å². The fraction of sp³-hybridized carbons (Fsp3) is 0.538. The van der Waals surface area contributed by atoms with Gasteiger partial charge in [0.25, 0.3) is 0 Å². The van der Waals surface area contributed by atoms with E-state index in [2.05, 4.69) is 18.7 Å². The van der Waals surface area contributed by atoms with E-state index in [1.807, 2.05) is 13.1 Å². The second-order valence-electron chi connectivity index (χ2n) is 4.34. The van der Waals surface area contributed by atoms with Crippen LogP contribution in [0, 0.1) is 11.7 Å². The molecule has 0 fully saturated rings. The zero-order chi connectivity index (χ0) is 12.1. The van der Waals surface area contributed by atoms with E-state index in [-0.39, 0.29) is 12.4 Å². The van der Waals surface area contributed by atoms with Crippen molar-refractivity contribution in [3.8, 4) is 0 Å². The summed E-state index contributed by atoms with van der Waals surface area (Å²) in [5, 5.41) is 0. The minimum Gasteiger partial charge on any atom is -0.374 e. The molecule has 0 heterocycles. The van der Waals surface area contributed by atoms with E-state index in [1.165, 1.54) is 6.07 Å². The minimum absolute atomic E-state index is 0.212. The van der Waals surface area contributed by atoms with Crippen LogP contribution in [0.1, 0.15) is 25.8 Å². The molecule has 3 heteroatoms. The van der Waals surface area contributed by atoms with Crippen molar-refractivity contribution >= 4 is 5.69 Å². The van der Waals surface area contributed by atoms with Gasteiger partial charge >= 0.3 is 0 Å². The first kappa shape index (κ1) is 13.0. The molecule has 0 saturated carbocycles. The summed E-state index contributed by atoms with van der Waals surface area (Å²) in [7, 11) is 1.99. The largest absolute Gasteiger partial charge is 0.374 e. The normalized spacial score (nSPS) is 12.6. The van der Waals surface area contributed by atoms with Gasteiger partial charge in [0.2, 0.25) is 0 Å². The zero-order valence-corrected chi connectivity index (χ0v) is 10.3. The van der Waals surface area contributed by atoms with Gasteiger partial charge in [0.05, 0.1) is 0 Å². The van der Waals surface area contributed by atoms with Crippen LogP contribution in [0.4, 0.5) is 10.1 Å². The van der Waals surface area contributed by atoms with Gasteiger partial charge in [-0.25, -0.2) is 4.39 Å². The van der Waals surface area contributed by atoms with Gasteiger partial charge in [-0.3, -0.25) is 0 Å². The van der Waals surface area contributed by atoms with Gasteiger partial charge in [0.1, 0.15) is 5.82 Å². The van der Waals surface area contributed by atoms with Crippen LogP contribution in [0.25, 0.3) is 0 Å². The van der Waals surface area contributed by atoms with Crippen molar-refractivity contribution in [2.45, 2.75) is 26.8 Å². The maximum atomic E-state index is 13.5. The second kappa shape index (κ2) is 5.85. The van der Waals surface area contributed by atoms with Crippen LogP contribution in [0.15, 0.2) is 18.2 Å². The van der Waals surface area contributed by atoms with Gasteiger partial charge in [-0.05, 0) is 18.1 Å². The first-order valence-corrected chi connectivity index (χ1v) is 5.78. The van der Waals surface area contributed by atoms with Crippen molar-refractivity contribution in [1.29, 1.82) is 0 Å². The Hall–Kier alpha value is -1.09. The molecular formula is C13H21FN2.